The van der Waals surface area contributed by atoms with Gasteiger partial charge < -0.3 is 27.0 Å². The molecule has 0 aromatic carbocycles. The van der Waals surface area contributed by atoms with Gasteiger partial charge in [0.2, 0.25) is 0 Å². The van der Waals surface area contributed by atoms with Gasteiger partial charge in [0.05, 0.1) is 0 Å². The Morgan fingerprint density at radius 1 is 1.00 bits per heavy atom. The molecule has 0 heterocycles. The Labute approximate surface area is 75.6 Å². The molecule has 71 valence electrons. The summed E-state index contributed by atoms with van der Waals surface area (Å²) < 4.78 is 0. The largest absolute Gasteiger partial charge is 0.412 e. The normalized spacial score (nSPS) is 2.00. The molecule has 5 nitrogen and oxygen atoms in total. The van der Waals surface area contributed by atoms with E-state index in [0.717, 1.165) is 0 Å². The van der Waals surface area contributed by atoms with E-state index in [1.807, 2.05) is 0 Å². The van der Waals surface area contributed by atoms with Gasteiger partial charge in [-0.3, -0.25) is 0 Å². The van der Waals surface area contributed by atoms with E-state index in [0.29, 0.717) is 0 Å². The molecule has 0 spiro atoms. The summed E-state index contributed by atoms with van der Waals surface area (Å²) in [6.07, 6.45) is 0. The summed E-state index contributed by atoms with van der Waals surface area (Å²) in [6, 6.07) is 0. The van der Waals surface area contributed by atoms with Crippen molar-refractivity contribution in [3.8, 4) is 0 Å². The topological polar surface area (TPSA) is 146 Å². The van der Waals surface area contributed by atoms with Crippen molar-refractivity contribution in [2.24, 2.45) is 0 Å². The molecule has 0 aromatic rings. The summed E-state index contributed by atoms with van der Waals surface area (Å²) in [7, 11) is 0. The predicted molar refractivity (Wildman–Crippen MR) is 34.5 cm³/mol. The van der Waals surface area contributed by atoms with E-state index >= 15 is 0 Å². The Morgan fingerprint density at radius 2 is 1.00 bits per heavy atom. The molecule has 0 saturated carbocycles. The monoisotopic (exact) mass is 351 g/mol. The zero-order valence-electron chi connectivity index (χ0n) is 4.86. The molecule has 7 heteroatoms. The van der Waals surface area contributed by atoms with Crippen LogP contribution in [0.3, 0.4) is 0 Å². The van der Waals surface area contributed by atoms with E-state index in [-0.39, 0.29) is 63.3 Å². The molecule has 0 saturated heterocycles. The van der Waals surface area contributed by atoms with Gasteiger partial charge >= 0.3 is 0 Å². The van der Waals surface area contributed by atoms with Crippen LogP contribution in [0.1, 0.15) is 6.92 Å². The van der Waals surface area contributed by atoms with E-state index in [4.69, 9.17) is 5.11 Å². The third kappa shape index (κ3) is 598. The van der Waals surface area contributed by atoms with Gasteiger partial charge in [-0.15, -0.1) is 12.4 Å². The summed E-state index contributed by atoms with van der Waals surface area (Å²) in [5, 5.41) is 7.57. The molecular weight excluding hydrogens is 336 g/mol. The van der Waals surface area contributed by atoms with Gasteiger partial charge in [-0.1, -0.05) is 0 Å². The first-order valence-electron chi connectivity index (χ1n) is 1.02. The predicted octanol–water partition coefficient (Wildman–Crippen LogP) is -2.88. The minimum absolute atomic E-state index is 0. The Morgan fingerprint density at radius 3 is 1.00 bits per heavy atom. The summed E-state index contributed by atoms with van der Waals surface area (Å²) in [5.74, 6) is 0. The molecule has 1 radical (unpaired) electrons. The maximum Gasteiger partial charge on any atom is 0.0402 e. The second-order valence-electron chi connectivity index (χ2n) is 0.316. The number of rotatable bonds is 0. The summed E-state index contributed by atoms with van der Waals surface area (Å²) in [5.41, 5.74) is 0. The molecule has 0 aliphatic heterocycles. The molecule has 9 heavy (non-hydrogen) atoms. The van der Waals surface area contributed by atoms with E-state index in [2.05, 4.69) is 0 Å². The second-order valence-corrected chi connectivity index (χ2v) is 0.316. The van der Waals surface area contributed by atoms with Crippen LogP contribution in [0, 0.1) is 0 Å². The fourth-order valence-corrected chi connectivity index (χ4v) is 0. The first-order valence-corrected chi connectivity index (χ1v) is 1.02. The molecule has 0 bridgehead atoms. The first kappa shape index (κ1) is 95.7. The summed E-state index contributed by atoms with van der Waals surface area (Å²) in [4.78, 5) is 0. The van der Waals surface area contributed by atoms with Crippen LogP contribution in [0.4, 0.5) is 0 Å². The molecular formula is C2H15AuClO5. The fourth-order valence-electron chi connectivity index (χ4n) is 0. The van der Waals surface area contributed by atoms with Crippen molar-refractivity contribution in [2.75, 3.05) is 6.61 Å². The van der Waals surface area contributed by atoms with Crippen LogP contribution in [0.5, 0.6) is 0 Å². The number of halogens is 1. The number of aliphatic hydroxyl groups excluding tert-OH is 1. The van der Waals surface area contributed by atoms with E-state index < -0.39 is 0 Å². The molecule has 0 amide bonds. The van der Waals surface area contributed by atoms with Crippen molar-refractivity contribution in [2.45, 2.75) is 6.92 Å². The van der Waals surface area contributed by atoms with Gasteiger partial charge in [0, 0.05) is 29.0 Å². The van der Waals surface area contributed by atoms with Crippen LogP contribution in [0.2, 0.25) is 0 Å². The van der Waals surface area contributed by atoms with Crippen molar-refractivity contribution in [1.82, 2.24) is 0 Å². The third-order valence-corrected chi connectivity index (χ3v) is 0. The van der Waals surface area contributed by atoms with Crippen molar-refractivity contribution >= 4 is 12.4 Å². The Bertz CT molecular complexity index is 14.9. The summed E-state index contributed by atoms with van der Waals surface area (Å²) in [6.45, 7) is 1.93. The fraction of sp³-hybridized carbons (Fsp3) is 1.00. The van der Waals surface area contributed by atoms with Gasteiger partial charge in [-0.05, 0) is 6.92 Å². The number of hydrogen-bond donors (Lipinski definition) is 1. The third-order valence-electron chi connectivity index (χ3n) is 0. The molecule has 0 aromatic heterocycles. The van der Waals surface area contributed by atoms with Gasteiger partial charge in [0.15, 0.2) is 0 Å². The minimum Gasteiger partial charge on any atom is -0.412 e. The molecule has 9 N–H and O–H groups in total. The molecule has 0 rings (SSSR count). The van der Waals surface area contributed by atoms with Crippen LogP contribution < -0.4 is 0 Å². The number of aliphatic hydroxyl groups is 1. The molecule has 0 unspecified atom stereocenters. The average Bonchev–Trinajstić information content (AvgIpc) is 0.918. The van der Waals surface area contributed by atoms with Crippen LogP contribution >= 0.6 is 12.4 Å². The Hall–Kier alpha value is 0.830. The smallest absolute Gasteiger partial charge is 0.0402 e. The molecule has 0 fully saturated rings. The Balaban J connectivity index is -0.00000000133. The summed E-state index contributed by atoms with van der Waals surface area (Å²) >= 11 is 0. The first-order chi connectivity index (χ1) is 1.41. The second kappa shape index (κ2) is 162. The van der Waals surface area contributed by atoms with Crippen molar-refractivity contribution in [1.29, 1.82) is 0 Å². The average molecular weight is 352 g/mol. The van der Waals surface area contributed by atoms with Gasteiger partial charge in [0.25, 0.3) is 0 Å². The van der Waals surface area contributed by atoms with Crippen molar-refractivity contribution in [3.05, 3.63) is 0 Å². The molecule has 0 aliphatic rings. The maximum absolute atomic E-state index is 7.57. The Kier molecular flexibility index (Phi) is 1720. The van der Waals surface area contributed by atoms with Gasteiger partial charge in [0.1, 0.15) is 0 Å². The van der Waals surface area contributed by atoms with Gasteiger partial charge in [-0.25, -0.2) is 0 Å². The zero-order chi connectivity index (χ0) is 2.71. The number of hydrogen-bond acceptors (Lipinski definition) is 1. The van der Waals surface area contributed by atoms with Crippen molar-refractivity contribution in [3.63, 3.8) is 0 Å². The van der Waals surface area contributed by atoms with Crippen LogP contribution in [0.15, 0.2) is 0 Å². The van der Waals surface area contributed by atoms with Gasteiger partial charge in [-0.2, -0.15) is 0 Å². The molecule has 0 atom stereocenters. The van der Waals surface area contributed by atoms with E-state index in [9.17, 15) is 0 Å². The quantitative estimate of drug-likeness (QED) is 0.459. The zero-order valence-corrected chi connectivity index (χ0v) is 7.85. The van der Waals surface area contributed by atoms with Crippen LogP contribution in [-0.4, -0.2) is 33.6 Å². The molecule has 0 aliphatic carbocycles. The van der Waals surface area contributed by atoms with Crippen LogP contribution in [-0.2, 0) is 22.4 Å². The van der Waals surface area contributed by atoms with E-state index in [1.54, 1.807) is 6.92 Å². The SMILES string of the molecule is CCO.Cl.O.O.O.O.[Au]. The minimum atomic E-state index is 0. The van der Waals surface area contributed by atoms with Crippen molar-refractivity contribution < 1.29 is 49.4 Å². The maximum atomic E-state index is 7.57. The van der Waals surface area contributed by atoms with Crippen LogP contribution in [0.25, 0.3) is 0 Å². The van der Waals surface area contributed by atoms with E-state index in [1.165, 1.54) is 0 Å². The standard InChI is InChI=1S/C2H6O.Au.ClH.4H2O/c1-2-3;;;;;;/h3H,2H2,1H3;;1H;4*1H2.